The summed E-state index contributed by atoms with van der Waals surface area (Å²) in [4.78, 5) is 25.5. The minimum absolute atomic E-state index is 0.0443. The second-order valence-electron chi connectivity index (χ2n) is 5.28. The summed E-state index contributed by atoms with van der Waals surface area (Å²) in [5, 5.41) is 15.4. The molecular weight excluding hydrogens is 334 g/mol. The third-order valence-electron chi connectivity index (χ3n) is 3.81. The number of ether oxygens (including phenoxy) is 1. The standard InChI is InChI=1S/C15H17N3O5S/c19-15(12-3-4-14(23-12)18(20)21)16-10-11(13-2-1-9-24-13)17-5-7-22-8-6-17/h1-4,9,11H,5-8,10H2,(H,16,19)/t11-/m0/s1. The van der Waals surface area contributed by atoms with E-state index in [0.717, 1.165) is 18.0 Å². The normalized spacial score (nSPS) is 16.7. The van der Waals surface area contributed by atoms with Gasteiger partial charge in [0.1, 0.15) is 4.92 Å². The molecule has 1 amide bonds. The minimum Gasteiger partial charge on any atom is -0.395 e. The first-order valence-electron chi connectivity index (χ1n) is 7.53. The van der Waals surface area contributed by atoms with Gasteiger partial charge >= 0.3 is 5.88 Å². The molecule has 1 atom stereocenters. The highest BCUT2D eigenvalue weighted by molar-refractivity contribution is 7.10. The van der Waals surface area contributed by atoms with Gasteiger partial charge in [-0.1, -0.05) is 6.07 Å². The number of furan rings is 1. The Bertz CT molecular complexity index is 694. The summed E-state index contributed by atoms with van der Waals surface area (Å²) in [6.07, 6.45) is 0. The molecule has 8 nitrogen and oxygen atoms in total. The van der Waals surface area contributed by atoms with Crippen molar-refractivity contribution in [3.8, 4) is 0 Å². The molecule has 0 spiro atoms. The highest BCUT2D eigenvalue weighted by Crippen LogP contribution is 2.25. The molecule has 0 aromatic carbocycles. The lowest BCUT2D eigenvalue weighted by molar-refractivity contribution is -0.402. The summed E-state index contributed by atoms with van der Waals surface area (Å²) in [7, 11) is 0. The molecule has 0 aliphatic carbocycles. The Balaban J connectivity index is 1.66. The van der Waals surface area contributed by atoms with Crippen LogP contribution in [0.5, 0.6) is 0 Å². The number of nitrogens with one attached hydrogen (secondary N) is 1. The number of nitrogens with zero attached hydrogens (tertiary/aromatic N) is 2. The Morgan fingerprint density at radius 1 is 1.38 bits per heavy atom. The van der Waals surface area contributed by atoms with Crippen LogP contribution in [-0.4, -0.2) is 48.6 Å². The molecular formula is C15H17N3O5S. The Morgan fingerprint density at radius 2 is 2.17 bits per heavy atom. The van der Waals surface area contributed by atoms with Gasteiger partial charge in [-0.15, -0.1) is 11.3 Å². The molecule has 0 bridgehead atoms. The number of morpholine rings is 1. The molecule has 1 aliphatic rings. The van der Waals surface area contributed by atoms with E-state index in [1.165, 1.54) is 12.1 Å². The van der Waals surface area contributed by atoms with Gasteiger partial charge in [-0.3, -0.25) is 19.8 Å². The number of carbonyl (C=O) groups is 1. The Kier molecular flexibility index (Phi) is 5.24. The molecule has 2 aromatic heterocycles. The fourth-order valence-corrected chi connectivity index (χ4v) is 3.46. The lowest BCUT2D eigenvalue weighted by Crippen LogP contribution is -2.43. The van der Waals surface area contributed by atoms with E-state index in [1.807, 2.05) is 17.5 Å². The zero-order chi connectivity index (χ0) is 16.9. The molecule has 2 aromatic rings. The van der Waals surface area contributed by atoms with Crippen molar-refractivity contribution in [1.29, 1.82) is 0 Å². The number of rotatable bonds is 6. The monoisotopic (exact) mass is 351 g/mol. The summed E-state index contributed by atoms with van der Waals surface area (Å²) in [5.41, 5.74) is 0. The van der Waals surface area contributed by atoms with Crippen LogP contribution in [0.25, 0.3) is 0 Å². The van der Waals surface area contributed by atoms with Crippen molar-refractivity contribution in [3.63, 3.8) is 0 Å². The molecule has 128 valence electrons. The molecule has 1 aliphatic heterocycles. The number of carbonyl (C=O) groups excluding carboxylic acids is 1. The molecule has 0 saturated carbocycles. The SMILES string of the molecule is O=C(NC[C@@H](c1cccs1)N1CCOCC1)c1ccc([N+](=O)[O-])o1. The lowest BCUT2D eigenvalue weighted by atomic mass is 10.2. The average Bonchev–Trinajstić information content (AvgIpc) is 3.28. The van der Waals surface area contributed by atoms with E-state index in [-0.39, 0.29) is 11.8 Å². The van der Waals surface area contributed by atoms with Crippen LogP contribution in [0.3, 0.4) is 0 Å². The van der Waals surface area contributed by atoms with E-state index < -0.39 is 16.7 Å². The molecule has 0 radical (unpaired) electrons. The zero-order valence-electron chi connectivity index (χ0n) is 12.8. The summed E-state index contributed by atoms with van der Waals surface area (Å²) in [5.74, 6) is -0.963. The summed E-state index contributed by atoms with van der Waals surface area (Å²) < 4.78 is 10.3. The van der Waals surface area contributed by atoms with E-state index in [0.29, 0.717) is 19.8 Å². The molecule has 3 heterocycles. The van der Waals surface area contributed by atoms with E-state index in [9.17, 15) is 14.9 Å². The van der Waals surface area contributed by atoms with Crippen molar-refractivity contribution >= 4 is 23.1 Å². The van der Waals surface area contributed by atoms with Crippen LogP contribution in [0, 0.1) is 10.1 Å². The van der Waals surface area contributed by atoms with Crippen molar-refractivity contribution < 1.29 is 18.9 Å². The van der Waals surface area contributed by atoms with Gasteiger partial charge in [0.2, 0.25) is 0 Å². The Labute approximate surface area is 142 Å². The molecule has 1 saturated heterocycles. The smallest absolute Gasteiger partial charge is 0.395 e. The van der Waals surface area contributed by atoms with Crippen molar-refractivity contribution in [2.24, 2.45) is 0 Å². The second kappa shape index (κ2) is 7.56. The van der Waals surface area contributed by atoms with Crippen molar-refractivity contribution in [2.45, 2.75) is 6.04 Å². The van der Waals surface area contributed by atoms with E-state index in [1.54, 1.807) is 11.3 Å². The average molecular weight is 351 g/mol. The van der Waals surface area contributed by atoms with Crippen LogP contribution < -0.4 is 5.32 Å². The van der Waals surface area contributed by atoms with Gasteiger partial charge < -0.3 is 14.5 Å². The summed E-state index contributed by atoms with van der Waals surface area (Å²) in [6.45, 7) is 3.32. The van der Waals surface area contributed by atoms with Gasteiger partial charge in [0.15, 0.2) is 5.76 Å². The van der Waals surface area contributed by atoms with Crippen LogP contribution in [0.2, 0.25) is 0 Å². The summed E-state index contributed by atoms with van der Waals surface area (Å²) >= 11 is 1.63. The fourth-order valence-electron chi connectivity index (χ4n) is 2.60. The number of hydrogen-bond donors (Lipinski definition) is 1. The number of nitro groups is 1. The third-order valence-corrected chi connectivity index (χ3v) is 4.78. The van der Waals surface area contributed by atoms with Gasteiger partial charge in [0.25, 0.3) is 5.91 Å². The maximum atomic E-state index is 12.2. The van der Waals surface area contributed by atoms with Crippen LogP contribution >= 0.6 is 11.3 Å². The van der Waals surface area contributed by atoms with Crippen LogP contribution in [0.4, 0.5) is 5.88 Å². The second-order valence-corrected chi connectivity index (χ2v) is 6.26. The van der Waals surface area contributed by atoms with Crippen LogP contribution in [0.15, 0.2) is 34.1 Å². The number of hydrogen-bond acceptors (Lipinski definition) is 7. The predicted molar refractivity (Wildman–Crippen MR) is 87.1 cm³/mol. The van der Waals surface area contributed by atoms with Gasteiger partial charge in [-0.05, 0) is 17.5 Å². The lowest BCUT2D eigenvalue weighted by Gasteiger charge is -2.34. The van der Waals surface area contributed by atoms with Gasteiger partial charge in [0, 0.05) is 24.5 Å². The Morgan fingerprint density at radius 3 is 2.79 bits per heavy atom. The van der Waals surface area contributed by atoms with Crippen molar-refractivity contribution in [1.82, 2.24) is 10.2 Å². The molecule has 3 rings (SSSR count). The number of amides is 1. The minimum atomic E-state index is -0.668. The Hall–Kier alpha value is -2.23. The molecule has 1 fully saturated rings. The molecule has 1 N–H and O–H groups in total. The topological polar surface area (TPSA) is 97.9 Å². The largest absolute Gasteiger partial charge is 0.433 e. The van der Waals surface area contributed by atoms with Gasteiger partial charge in [-0.2, -0.15) is 0 Å². The molecule has 9 heteroatoms. The first-order valence-corrected chi connectivity index (χ1v) is 8.41. The van der Waals surface area contributed by atoms with E-state index in [4.69, 9.17) is 9.15 Å². The maximum Gasteiger partial charge on any atom is 0.433 e. The first-order chi connectivity index (χ1) is 11.6. The van der Waals surface area contributed by atoms with Crippen molar-refractivity contribution in [3.05, 3.63) is 50.4 Å². The van der Waals surface area contributed by atoms with Crippen molar-refractivity contribution in [2.75, 3.05) is 32.8 Å². The first kappa shape index (κ1) is 16.6. The van der Waals surface area contributed by atoms with Crippen LogP contribution in [0.1, 0.15) is 21.5 Å². The van der Waals surface area contributed by atoms with Gasteiger partial charge in [-0.25, -0.2) is 0 Å². The highest BCUT2D eigenvalue weighted by Gasteiger charge is 2.25. The number of thiophene rings is 1. The molecule has 24 heavy (non-hydrogen) atoms. The molecule has 0 unspecified atom stereocenters. The highest BCUT2D eigenvalue weighted by atomic mass is 32.1. The maximum absolute atomic E-state index is 12.2. The van der Waals surface area contributed by atoms with Gasteiger partial charge in [0.05, 0.1) is 25.3 Å². The zero-order valence-corrected chi connectivity index (χ0v) is 13.7. The third kappa shape index (κ3) is 3.81. The van der Waals surface area contributed by atoms with E-state index >= 15 is 0 Å². The summed E-state index contributed by atoms with van der Waals surface area (Å²) in [6, 6.07) is 6.54. The predicted octanol–water partition coefficient (Wildman–Crippen LogP) is 2.05. The van der Waals surface area contributed by atoms with E-state index in [2.05, 4.69) is 10.2 Å². The fraction of sp³-hybridized carbons (Fsp3) is 0.400. The quantitative estimate of drug-likeness (QED) is 0.632. The van der Waals surface area contributed by atoms with Crippen LogP contribution in [-0.2, 0) is 4.74 Å².